The minimum absolute atomic E-state index is 0.0698. The average Bonchev–Trinajstić information content (AvgIpc) is 3.54. The molecule has 11 heteroatoms. The molecule has 0 aliphatic heterocycles. The maximum atomic E-state index is 15.0. The zero-order valence-electron chi connectivity index (χ0n) is 20.2. The van der Waals surface area contributed by atoms with Crippen molar-refractivity contribution < 1.29 is 17.6 Å². The quantitative estimate of drug-likeness (QED) is 0.334. The van der Waals surface area contributed by atoms with Gasteiger partial charge in [0.2, 0.25) is 0 Å². The first kappa shape index (κ1) is 25.7. The van der Waals surface area contributed by atoms with Gasteiger partial charge in [0.25, 0.3) is 5.56 Å². The smallest absolute Gasteiger partial charge is 0.338 e. The standard InChI is InChI=1S/C25H28F4N6O/c1-24(2,3)33-21(25(27,28)29)16-9-8-15(13-17(16)26)32-22-20-19(10-12-31-23(20)36)35(34-22)18(5-4-11-30)14-6-7-14/h8-10,12-14,18,21,33H,4-7H2,1-3H3,(H,31,36)(H,32,34). The second kappa shape index (κ2) is 9.58. The van der Waals surface area contributed by atoms with E-state index in [1.165, 1.54) is 12.3 Å². The Bertz CT molecular complexity index is 1340. The van der Waals surface area contributed by atoms with Gasteiger partial charge in [0, 0.05) is 29.4 Å². The van der Waals surface area contributed by atoms with Gasteiger partial charge in [-0.2, -0.15) is 23.5 Å². The number of halogens is 4. The van der Waals surface area contributed by atoms with Gasteiger partial charge in [0.1, 0.15) is 17.2 Å². The van der Waals surface area contributed by atoms with E-state index < -0.39 is 34.7 Å². The van der Waals surface area contributed by atoms with Crippen molar-refractivity contribution in [3.8, 4) is 6.07 Å². The molecule has 3 N–H and O–H groups in total. The van der Waals surface area contributed by atoms with Crippen molar-refractivity contribution in [3.63, 3.8) is 0 Å². The molecule has 1 saturated carbocycles. The van der Waals surface area contributed by atoms with Crippen LogP contribution in [0.4, 0.5) is 29.1 Å². The number of nitrogens with one attached hydrogen (secondary N) is 3. The van der Waals surface area contributed by atoms with E-state index >= 15 is 0 Å². The molecule has 0 amide bonds. The Balaban J connectivity index is 1.70. The Morgan fingerprint density at radius 3 is 2.56 bits per heavy atom. The van der Waals surface area contributed by atoms with Gasteiger partial charge in [0.15, 0.2) is 5.82 Å². The molecule has 7 nitrogen and oxygen atoms in total. The van der Waals surface area contributed by atoms with Crippen molar-refractivity contribution in [2.24, 2.45) is 5.92 Å². The van der Waals surface area contributed by atoms with E-state index in [1.54, 1.807) is 31.5 Å². The van der Waals surface area contributed by atoms with Crippen molar-refractivity contribution in [3.05, 3.63) is 52.2 Å². The van der Waals surface area contributed by atoms with Gasteiger partial charge in [0.05, 0.1) is 17.6 Å². The van der Waals surface area contributed by atoms with Gasteiger partial charge in [-0.1, -0.05) is 6.07 Å². The summed E-state index contributed by atoms with van der Waals surface area (Å²) >= 11 is 0. The summed E-state index contributed by atoms with van der Waals surface area (Å²) in [6.07, 6.45) is -0.281. The number of nitrogens with zero attached hydrogens (tertiary/aromatic N) is 3. The zero-order chi connectivity index (χ0) is 26.3. The second-order valence-electron chi connectivity index (χ2n) is 10.2. The van der Waals surface area contributed by atoms with Gasteiger partial charge >= 0.3 is 6.18 Å². The van der Waals surface area contributed by atoms with Crippen molar-refractivity contribution in [2.75, 3.05) is 5.32 Å². The number of hydrogen-bond donors (Lipinski definition) is 3. The van der Waals surface area contributed by atoms with E-state index in [2.05, 4.69) is 26.8 Å². The number of H-pyrrole nitrogens is 1. The lowest BCUT2D eigenvalue weighted by molar-refractivity contribution is -0.162. The monoisotopic (exact) mass is 504 g/mol. The van der Waals surface area contributed by atoms with Crippen LogP contribution in [0.5, 0.6) is 0 Å². The van der Waals surface area contributed by atoms with Gasteiger partial charge < -0.3 is 10.3 Å². The molecule has 2 heterocycles. The predicted molar refractivity (Wildman–Crippen MR) is 128 cm³/mol. The molecular formula is C25H28F4N6O. The first-order valence-electron chi connectivity index (χ1n) is 11.8. The maximum absolute atomic E-state index is 15.0. The molecule has 0 bridgehead atoms. The molecule has 0 saturated heterocycles. The Labute approximate surface area is 205 Å². The van der Waals surface area contributed by atoms with E-state index in [1.807, 2.05) is 0 Å². The fourth-order valence-corrected chi connectivity index (χ4v) is 4.44. The lowest BCUT2D eigenvalue weighted by atomic mass is 10.0. The van der Waals surface area contributed by atoms with E-state index in [-0.39, 0.29) is 22.9 Å². The summed E-state index contributed by atoms with van der Waals surface area (Å²) in [5.41, 5.74) is -1.11. The molecule has 36 heavy (non-hydrogen) atoms. The molecule has 0 spiro atoms. The molecular weight excluding hydrogens is 476 g/mol. The molecule has 2 unspecified atom stereocenters. The predicted octanol–water partition coefficient (Wildman–Crippen LogP) is 5.85. The molecule has 1 aliphatic carbocycles. The van der Waals surface area contributed by atoms with E-state index in [9.17, 15) is 22.4 Å². The van der Waals surface area contributed by atoms with Crippen LogP contribution in [-0.2, 0) is 0 Å². The highest BCUT2D eigenvalue weighted by Gasteiger charge is 2.44. The third kappa shape index (κ3) is 5.54. The minimum Gasteiger partial charge on any atom is -0.338 e. The van der Waals surface area contributed by atoms with Crippen LogP contribution in [-0.4, -0.2) is 26.5 Å². The highest BCUT2D eigenvalue weighted by molar-refractivity contribution is 5.91. The number of aromatic amines is 1. The highest BCUT2D eigenvalue weighted by atomic mass is 19.4. The van der Waals surface area contributed by atoms with Crippen molar-refractivity contribution in [1.82, 2.24) is 20.1 Å². The van der Waals surface area contributed by atoms with Crippen LogP contribution >= 0.6 is 0 Å². The van der Waals surface area contributed by atoms with E-state index in [4.69, 9.17) is 5.26 Å². The summed E-state index contributed by atoms with van der Waals surface area (Å²) in [4.78, 5) is 15.3. The van der Waals surface area contributed by atoms with Crippen LogP contribution in [0.3, 0.4) is 0 Å². The van der Waals surface area contributed by atoms with Gasteiger partial charge in [-0.15, -0.1) is 0 Å². The second-order valence-corrected chi connectivity index (χ2v) is 10.2. The topological polar surface area (TPSA) is 98.5 Å². The van der Waals surface area contributed by atoms with Crippen LogP contribution in [0.2, 0.25) is 0 Å². The Morgan fingerprint density at radius 1 is 1.25 bits per heavy atom. The molecule has 2 aromatic heterocycles. The number of anilines is 2. The van der Waals surface area contributed by atoms with Crippen molar-refractivity contribution in [1.29, 1.82) is 5.26 Å². The van der Waals surface area contributed by atoms with Crippen LogP contribution < -0.4 is 16.2 Å². The summed E-state index contributed by atoms with van der Waals surface area (Å²) in [7, 11) is 0. The number of rotatable bonds is 8. The third-order valence-corrected chi connectivity index (χ3v) is 6.14. The van der Waals surface area contributed by atoms with Crippen LogP contribution in [0, 0.1) is 23.1 Å². The number of aromatic nitrogens is 3. The van der Waals surface area contributed by atoms with E-state index in [0.717, 1.165) is 25.0 Å². The normalized spacial score (nSPS) is 16.1. The Hall–Kier alpha value is -3.39. The summed E-state index contributed by atoms with van der Waals surface area (Å²) in [6, 6.07) is 4.99. The fraction of sp³-hybridized carbons (Fsp3) is 0.480. The molecule has 1 aromatic carbocycles. The summed E-state index contributed by atoms with van der Waals surface area (Å²) in [5, 5.41) is 19.3. The SMILES string of the molecule is CC(C)(C)NC(c1ccc(Nc2nn(C(CCC#N)C3CC3)c3cc[nH]c(=O)c23)cc1F)C(F)(F)F. The number of alkyl halides is 3. The van der Waals surface area contributed by atoms with Gasteiger partial charge in [-0.05, 0) is 64.2 Å². The lowest BCUT2D eigenvalue weighted by Crippen LogP contribution is -2.45. The lowest BCUT2D eigenvalue weighted by Gasteiger charge is -2.30. The summed E-state index contributed by atoms with van der Waals surface area (Å²) in [6.45, 7) is 4.72. The third-order valence-electron chi connectivity index (χ3n) is 6.14. The fourth-order valence-electron chi connectivity index (χ4n) is 4.44. The number of pyridine rings is 1. The average molecular weight is 505 g/mol. The van der Waals surface area contributed by atoms with Crippen LogP contribution in [0.25, 0.3) is 10.9 Å². The molecule has 3 aromatic rings. The maximum Gasteiger partial charge on any atom is 0.408 e. The van der Waals surface area contributed by atoms with Gasteiger partial charge in [-0.3, -0.25) is 14.8 Å². The zero-order valence-corrected chi connectivity index (χ0v) is 20.2. The number of benzene rings is 1. The van der Waals surface area contributed by atoms with Crippen molar-refractivity contribution >= 4 is 22.4 Å². The van der Waals surface area contributed by atoms with Crippen LogP contribution in [0.15, 0.2) is 35.3 Å². The molecule has 1 fully saturated rings. The molecule has 192 valence electrons. The largest absolute Gasteiger partial charge is 0.408 e. The minimum atomic E-state index is -4.70. The molecule has 4 rings (SSSR count). The Kier molecular flexibility index (Phi) is 6.84. The van der Waals surface area contributed by atoms with Crippen LogP contribution in [0.1, 0.15) is 64.1 Å². The van der Waals surface area contributed by atoms with E-state index in [0.29, 0.717) is 24.3 Å². The Morgan fingerprint density at radius 2 is 1.97 bits per heavy atom. The first-order chi connectivity index (χ1) is 16.9. The molecule has 0 radical (unpaired) electrons. The van der Waals surface area contributed by atoms with Gasteiger partial charge in [-0.25, -0.2) is 4.39 Å². The number of nitriles is 1. The molecule has 1 aliphatic rings. The highest BCUT2D eigenvalue weighted by Crippen LogP contribution is 2.43. The summed E-state index contributed by atoms with van der Waals surface area (Å²) < 4.78 is 57.8. The number of fused-ring (bicyclic) bond motifs is 1. The van der Waals surface area contributed by atoms with Crippen molar-refractivity contribution in [2.45, 2.75) is 70.3 Å². The summed E-state index contributed by atoms with van der Waals surface area (Å²) in [5.74, 6) is -0.525. The first-order valence-corrected chi connectivity index (χ1v) is 11.8. The number of hydrogen-bond acceptors (Lipinski definition) is 5. The molecule has 2 atom stereocenters.